The van der Waals surface area contributed by atoms with Crippen molar-refractivity contribution in [1.82, 2.24) is 10.6 Å². The van der Waals surface area contributed by atoms with Crippen LogP contribution in [0.15, 0.2) is 54.6 Å². The number of ketones is 1. The number of carbonyl (C=O) groups is 3. The molecule has 2 aromatic carbocycles. The zero-order chi connectivity index (χ0) is 22.9. The van der Waals surface area contributed by atoms with E-state index in [-0.39, 0.29) is 6.54 Å². The van der Waals surface area contributed by atoms with Gasteiger partial charge in [0.05, 0.1) is 0 Å². The van der Waals surface area contributed by atoms with E-state index in [1.54, 1.807) is 45.0 Å². The predicted octanol–water partition coefficient (Wildman–Crippen LogP) is 2.27. The molecule has 2 amide bonds. The third-order valence-electron chi connectivity index (χ3n) is 3.97. The molecule has 2 aromatic rings. The van der Waals surface area contributed by atoms with Gasteiger partial charge in [0, 0.05) is 23.2 Å². The molecule has 0 heterocycles. The summed E-state index contributed by atoms with van der Waals surface area (Å²) in [6.07, 6.45) is -0.723. The van der Waals surface area contributed by atoms with Gasteiger partial charge in [-0.1, -0.05) is 30.0 Å². The van der Waals surface area contributed by atoms with E-state index in [1.807, 2.05) is 30.3 Å². The van der Waals surface area contributed by atoms with Gasteiger partial charge in [-0.2, -0.15) is 0 Å². The van der Waals surface area contributed by atoms with Crippen molar-refractivity contribution in [2.75, 3.05) is 13.2 Å². The zero-order valence-corrected chi connectivity index (χ0v) is 17.8. The lowest BCUT2D eigenvalue weighted by molar-refractivity contribution is -0.123. The van der Waals surface area contributed by atoms with E-state index >= 15 is 0 Å². The van der Waals surface area contributed by atoms with Crippen molar-refractivity contribution in [2.45, 2.75) is 32.4 Å². The van der Waals surface area contributed by atoms with Crippen LogP contribution in [0.4, 0.5) is 4.79 Å². The molecule has 0 aliphatic rings. The maximum atomic E-state index is 12.5. The number of Topliss-reactive ketones (excluding diaryl/α,β-unsaturated/α-hetero) is 1. The number of hydrogen-bond donors (Lipinski definition) is 3. The normalized spacial score (nSPS) is 11.5. The number of rotatable bonds is 6. The molecule has 1 atom stereocenters. The van der Waals surface area contributed by atoms with E-state index in [4.69, 9.17) is 9.84 Å². The Bertz CT molecular complexity index is 967. The van der Waals surface area contributed by atoms with Crippen molar-refractivity contribution in [1.29, 1.82) is 0 Å². The summed E-state index contributed by atoms with van der Waals surface area (Å²) in [4.78, 5) is 36.3. The van der Waals surface area contributed by atoms with Crippen molar-refractivity contribution in [2.24, 2.45) is 0 Å². The van der Waals surface area contributed by atoms with Crippen LogP contribution < -0.4 is 10.6 Å². The highest BCUT2D eigenvalue weighted by atomic mass is 16.6. The number of hydrogen-bond acceptors (Lipinski definition) is 5. The summed E-state index contributed by atoms with van der Waals surface area (Å²) >= 11 is 0. The van der Waals surface area contributed by atoms with Crippen LogP contribution in [0.3, 0.4) is 0 Å². The molecular weight excluding hydrogens is 396 g/mol. The third-order valence-corrected chi connectivity index (χ3v) is 3.97. The first-order chi connectivity index (χ1) is 14.7. The van der Waals surface area contributed by atoms with Gasteiger partial charge in [-0.25, -0.2) is 4.79 Å². The lowest BCUT2D eigenvalue weighted by atomic mass is 10.1. The van der Waals surface area contributed by atoms with Crippen molar-refractivity contribution < 1.29 is 24.2 Å². The number of aliphatic hydroxyl groups excluding tert-OH is 1. The first kappa shape index (κ1) is 23.6. The van der Waals surface area contributed by atoms with Crippen LogP contribution in [0.25, 0.3) is 0 Å². The van der Waals surface area contributed by atoms with Gasteiger partial charge in [0.15, 0.2) is 5.78 Å². The summed E-state index contributed by atoms with van der Waals surface area (Å²) in [6, 6.07) is 15.0. The Morgan fingerprint density at radius 2 is 1.55 bits per heavy atom. The number of benzene rings is 2. The maximum absolute atomic E-state index is 12.5. The lowest BCUT2D eigenvalue weighted by Gasteiger charge is -2.22. The maximum Gasteiger partial charge on any atom is 0.407 e. The molecule has 0 aliphatic heterocycles. The van der Waals surface area contributed by atoms with Gasteiger partial charge < -0.3 is 20.5 Å². The summed E-state index contributed by atoms with van der Waals surface area (Å²) in [5.41, 5.74) is 1.23. The van der Waals surface area contributed by atoms with Crippen LogP contribution in [0.5, 0.6) is 0 Å². The summed E-state index contributed by atoms with van der Waals surface area (Å²) < 4.78 is 5.11. The minimum absolute atomic E-state index is 0.208. The molecule has 0 spiro atoms. The van der Waals surface area contributed by atoms with Crippen LogP contribution >= 0.6 is 0 Å². The highest BCUT2D eigenvalue weighted by Gasteiger charge is 2.23. The molecule has 3 N–H and O–H groups in total. The minimum atomic E-state index is -1.09. The molecule has 7 nitrogen and oxygen atoms in total. The smallest absolute Gasteiger partial charge is 0.407 e. The van der Waals surface area contributed by atoms with Gasteiger partial charge in [0.1, 0.15) is 18.2 Å². The molecule has 0 saturated carbocycles. The highest BCUT2D eigenvalue weighted by Crippen LogP contribution is 2.07. The van der Waals surface area contributed by atoms with Crippen molar-refractivity contribution in [3.8, 4) is 11.8 Å². The van der Waals surface area contributed by atoms with E-state index in [0.29, 0.717) is 5.56 Å². The van der Waals surface area contributed by atoms with Gasteiger partial charge in [0.2, 0.25) is 0 Å². The van der Waals surface area contributed by atoms with Crippen LogP contribution in [-0.2, 0) is 9.53 Å². The van der Waals surface area contributed by atoms with Gasteiger partial charge in [-0.3, -0.25) is 9.59 Å². The second kappa shape index (κ2) is 11.0. The Morgan fingerprint density at radius 1 is 0.968 bits per heavy atom. The summed E-state index contributed by atoms with van der Waals surface area (Å²) in [5, 5.41) is 14.1. The van der Waals surface area contributed by atoms with Gasteiger partial charge >= 0.3 is 6.09 Å². The van der Waals surface area contributed by atoms with Crippen LogP contribution in [0, 0.1) is 11.8 Å². The van der Waals surface area contributed by atoms with Crippen molar-refractivity contribution in [3.63, 3.8) is 0 Å². The van der Waals surface area contributed by atoms with E-state index in [2.05, 4.69) is 22.5 Å². The van der Waals surface area contributed by atoms with E-state index in [0.717, 1.165) is 11.1 Å². The molecule has 162 valence electrons. The molecule has 2 rings (SSSR count). The lowest BCUT2D eigenvalue weighted by Crippen LogP contribution is -2.50. The Kier molecular flexibility index (Phi) is 8.35. The summed E-state index contributed by atoms with van der Waals surface area (Å²) in [6.45, 7) is 4.14. The average Bonchev–Trinajstić information content (AvgIpc) is 2.74. The first-order valence-corrected chi connectivity index (χ1v) is 9.76. The van der Waals surface area contributed by atoms with Crippen molar-refractivity contribution in [3.05, 3.63) is 71.3 Å². The monoisotopic (exact) mass is 422 g/mol. The second-order valence-corrected chi connectivity index (χ2v) is 7.73. The predicted molar refractivity (Wildman–Crippen MR) is 116 cm³/mol. The number of nitrogens with one attached hydrogen (secondary N) is 2. The molecule has 31 heavy (non-hydrogen) atoms. The van der Waals surface area contributed by atoms with Gasteiger partial charge in [0.25, 0.3) is 5.91 Å². The van der Waals surface area contributed by atoms with Gasteiger partial charge in [-0.05, 0) is 57.2 Å². The fourth-order valence-corrected chi connectivity index (χ4v) is 2.47. The van der Waals surface area contributed by atoms with Crippen LogP contribution in [0.1, 0.15) is 42.3 Å². The Hall–Kier alpha value is -3.63. The Balaban J connectivity index is 2.00. The molecule has 0 fully saturated rings. The largest absolute Gasteiger partial charge is 0.444 e. The minimum Gasteiger partial charge on any atom is -0.444 e. The second-order valence-electron chi connectivity index (χ2n) is 7.73. The molecule has 0 aliphatic carbocycles. The van der Waals surface area contributed by atoms with Gasteiger partial charge in [-0.15, -0.1) is 0 Å². The standard InChI is InChI=1S/C24H26N2O5/c1-24(2,3)31-23(30)25-15-20(21(28)16-27)26-22(29)19-13-11-18(12-14-19)10-9-17-7-5-4-6-8-17/h4-8,11-14,20,27H,15-16H2,1-3H3,(H,25,30)(H,26,29)/t20-/m0/s1. The topological polar surface area (TPSA) is 105 Å². The Morgan fingerprint density at radius 3 is 2.10 bits per heavy atom. The van der Waals surface area contributed by atoms with E-state index in [9.17, 15) is 14.4 Å². The van der Waals surface area contributed by atoms with E-state index < -0.39 is 36.0 Å². The zero-order valence-electron chi connectivity index (χ0n) is 17.8. The molecule has 0 saturated heterocycles. The van der Waals surface area contributed by atoms with Crippen molar-refractivity contribution >= 4 is 17.8 Å². The summed E-state index contributed by atoms with van der Waals surface area (Å²) in [7, 11) is 0. The van der Waals surface area contributed by atoms with Crippen LogP contribution in [-0.4, -0.2) is 47.7 Å². The van der Waals surface area contributed by atoms with Crippen LogP contribution in [0.2, 0.25) is 0 Å². The number of alkyl carbamates (subject to hydrolysis) is 1. The molecule has 0 aromatic heterocycles. The number of carbonyl (C=O) groups excluding carboxylic acids is 3. The molecule has 7 heteroatoms. The molecule has 0 unspecified atom stereocenters. The molecular formula is C24H26N2O5. The molecule has 0 bridgehead atoms. The average molecular weight is 422 g/mol. The van der Waals surface area contributed by atoms with E-state index in [1.165, 1.54) is 0 Å². The number of amides is 2. The summed E-state index contributed by atoms with van der Waals surface area (Å²) in [5.74, 6) is 4.91. The highest BCUT2D eigenvalue weighted by molar-refractivity contribution is 5.98. The number of aliphatic hydroxyl groups is 1. The molecule has 0 radical (unpaired) electrons. The fourth-order valence-electron chi connectivity index (χ4n) is 2.47. The quantitative estimate of drug-likeness (QED) is 0.620. The number of ether oxygens (including phenoxy) is 1. The Labute approximate surface area is 181 Å². The fraction of sp³-hybridized carbons (Fsp3) is 0.292. The third kappa shape index (κ3) is 8.33. The SMILES string of the molecule is CC(C)(C)OC(=O)NC[C@H](NC(=O)c1ccc(C#Cc2ccccc2)cc1)C(=O)CO. The first-order valence-electron chi connectivity index (χ1n) is 9.76.